The molecule has 1 saturated heterocycles. The van der Waals surface area contributed by atoms with Crippen LogP contribution in [0.1, 0.15) is 10.6 Å². The van der Waals surface area contributed by atoms with Crippen LogP contribution in [-0.2, 0) is 10.0 Å². The number of piperazine rings is 1. The molecule has 0 atom stereocenters. The highest BCUT2D eigenvalue weighted by Gasteiger charge is 2.32. The lowest BCUT2D eigenvalue weighted by Crippen LogP contribution is -2.50. The van der Waals surface area contributed by atoms with E-state index in [-0.39, 0.29) is 42.2 Å². The maximum Gasteiger partial charge on any atom is 0.289 e. The fourth-order valence-electron chi connectivity index (χ4n) is 3.88. The molecule has 1 amide bonds. The predicted octanol–water partition coefficient (Wildman–Crippen LogP) is 1.90. The summed E-state index contributed by atoms with van der Waals surface area (Å²) in [5.74, 6) is 0.774. The zero-order valence-corrected chi connectivity index (χ0v) is 20.2. The lowest BCUT2D eigenvalue weighted by Gasteiger charge is -2.33. The van der Waals surface area contributed by atoms with Gasteiger partial charge in [0.05, 0.1) is 26.2 Å². The first kappa shape index (κ1) is 24.4. The number of hydrogen-bond donors (Lipinski definition) is 1. The Labute approximate surface area is 201 Å². The van der Waals surface area contributed by atoms with Crippen LogP contribution in [0.15, 0.2) is 56.9 Å². The average molecular weight is 504 g/mol. The van der Waals surface area contributed by atoms with Crippen molar-refractivity contribution >= 4 is 26.9 Å². The molecule has 1 aliphatic rings. The molecule has 1 fully saturated rings. The van der Waals surface area contributed by atoms with E-state index in [0.717, 1.165) is 0 Å². The number of fused-ring (bicyclic) bond motifs is 1. The molecule has 12 heteroatoms. The Hall–Kier alpha value is -3.77. The number of hydrogen-bond acceptors (Lipinski definition) is 9. The molecule has 0 aliphatic carbocycles. The Morgan fingerprint density at radius 1 is 0.943 bits per heavy atom. The minimum Gasteiger partial charge on any atom is -0.497 e. The van der Waals surface area contributed by atoms with Crippen LogP contribution in [-0.4, -0.2) is 76.2 Å². The number of amides is 1. The van der Waals surface area contributed by atoms with Crippen LogP contribution < -0.4 is 19.6 Å². The van der Waals surface area contributed by atoms with Crippen molar-refractivity contribution in [2.24, 2.45) is 5.16 Å². The van der Waals surface area contributed by atoms with E-state index in [1.54, 1.807) is 18.2 Å². The van der Waals surface area contributed by atoms with Gasteiger partial charge in [0.2, 0.25) is 10.0 Å². The number of benzene rings is 2. The van der Waals surface area contributed by atoms with Crippen LogP contribution in [0.5, 0.6) is 17.2 Å². The molecular weight excluding hydrogens is 478 g/mol. The average Bonchev–Trinajstić information content (AvgIpc) is 2.91. The van der Waals surface area contributed by atoms with Crippen molar-refractivity contribution in [2.45, 2.75) is 4.90 Å². The highest BCUT2D eigenvalue weighted by atomic mass is 32.2. The molecule has 35 heavy (non-hydrogen) atoms. The molecule has 3 aromatic rings. The van der Waals surface area contributed by atoms with E-state index in [9.17, 15) is 18.4 Å². The van der Waals surface area contributed by atoms with Gasteiger partial charge in [0.15, 0.2) is 17.3 Å². The van der Waals surface area contributed by atoms with E-state index in [2.05, 4.69) is 5.16 Å². The Bertz CT molecular complexity index is 1430. The number of sulfonamides is 1. The number of carbonyl (C=O) groups is 1. The predicted molar refractivity (Wildman–Crippen MR) is 124 cm³/mol. The summed E-state index contributed by atoms with van der Waals surface area (Å²) < 4.78 is 49.0. The number of ether oxygens (including phenoxy) is 3. The lowest BCUT2D eigenvalue weighted by atomic mass is 10.2. The van der Waals surface area contributed by atoms with Gasteiger partial charge in [0.25, 0.3) is 5.91 Å². The summed E-state index contributed by atoms with van der Waals surface area (Å²) in [4.78, 5) is 14.7. The number of rotatable bonds is 6. The maximum absolute atomic E-state index is 13.1. The smallest absolute Gasteiger partial charge is 0.289 e. The second-order valence-electron chi connectivity index (χ2n) is 7.67. The monoisotopic (exact) mass is 503 g/mol. The molecule has 2 heterocycles. The van der Waals surface area contributed by atoms with E-state index in [1.807, 2.05) is 0 Å². The third kappa shape index (κ3) is 4.62. The zero-order chi connectivity index (χ0) is 25.2. The first-order chi connectivity index (χ1) is 16.8. The fraction of sp³-hybridized carbons (Fsp3) is 0.304. The van der Waals surface area contributed by atoms with E-state index in [4.69, 9.17) is 18.6 Å². The van der Waals surface area contributed by atoms with Gasteiger partial charge in [-0.3, -0.25) is 4.79 Å². The van der Waals surface area contributed by atoms with Gasteiger partial charge >= 0.3 is 0 Å². The van der Waals surface area contributed by atoms with Crippen LogP contribution in [0.2, 0.25) is 0 Å². The Morgan fingerprint density at radius 2 is 1.66 bits per heavy atom. The summed E-state index contributed by atoms with van der Waals surface area (Å²) in [6, 6.07) is 10.7. The van der Waals surface area contributed by atoms with Gasteiger partial charge in [-0.2, -0.15) is 4.31 Å². The molecule has 1 aliphatic heterocycles. The van der Waals surface area contributed by atoms with Crippen molar-refractivity contribution in [1.82, 2.24) is 9.21 Å². The largest absolute Gasteiger partial charge is 0.497 e. The second kappa shape index (κ2) is 9.84. The fourth-order valence-corrected chi connectivity index (χ4v) is 5.32. The number of nitrogens with zero attached hydrogens (tertiary/aromatic N) is 3. The maximum atomic E-state index is 13.1. The van der Waals surface area contributed by atoms with Crippen LogP contribution in [0.25, 0.3) is 11.0 Å². The summed E-state index contributed by atoms with van der Waals surface area (Å²) in [5.41, 5.74) is 0.317. The molecule has 186 valence electrons. The normalized spacial score (nSPS) is 15.3. The Kier molecular flexibility index (Phi) is 6.85. The van der Waals surface area contributed by atoms with Crippen molar-refractivity contribution in [3.05, 3.63) is 53.6 Å². The van der Waals surface area contributed by atoms with Crippen LogP contribution in [0.3, 0.4) is 0 Å². The summed E-state index contributed by atoms with van der Waals surface area (Å²) in [6.07, 6.45) is 0. The molecule has 11 nitrogen and oxygen atoms in total. The molecule has 1 aromatic heterocycles. The summed E-state index contributed by atoms with van der Waals surface area (Å²) in [5, 5.41) is 13.4. The number of methoxy groups -OCH3 is 3. The van der Waals surface area contributed by atoms with E-state index >= 15 is 0 Å². The van der Waals surface area contributed by atoms with Gasteiger partial charge in [-0.25, -0.2) is 8.42 Å². The second-order valence-corrected chi connectivity index (χ2v) is 9.61. The lowest BCUT2D eigenvalue weighted by molar-refractivity contribution is 0.0666. The molecular formula is C23H25N3O8S. The van der Waals surface area contributed by atoms with E-state index < -0.39 is 15.9 Å². The van der Waals surface area contributed by atoms with Crippen molar-refractivity contribution < 1.29 is 37.0 Å². The highest BCUT2D eigenvalue weighted by Crippen LogP contribution is 2.31. The van der Waals surface area contributed by atoms with Crippen LogP contribution in [0, 0.1) is 0 Å². The van der Waals surface area contributed by atoms with Gasteiger partial charge in [-0.15, -0.1) is 0 Å². The van der Waals surface area contributed by atoms with Crippen molar-refractivity contribution in [3.8, 4) is 17.2 Å². The standard InChI is InChI=1S/C23H25N3O8S/c1-31-15-4-6-17-18(24-28)14-22(34-20(17)12-15)23(27)25-8-10-26(11-9-25)35(29,30)16-5-7-19(32-2)21(13-16)33-3/h4-7,12-14,28H,8-11H2,1-3H3/b24-18+. The van der Waals surface area contributed by atoms with Crippen LogP contribution in [0.4, 0.5) is 0 Å². The molecule has 0 radical (unpaired) electrons. The summed E-state index contributed by atoms with van der Waals surface area (Å²) in [6.45, 7) is 0.507. The van der Waals surface area contributed by atoms with Crippen molar-refractivity contribution in [2.75, 3.05) is 47.5 Å². The van der Waals surface area contributed by atoms with Gasteiger partial charge in [0, 0.05) is 49.8 Å². The quantitative estimate of drug-likeness (QED) is 0.399. The van der Waals surface area contributed by atoms with Gasteiger partial charge < -0.3 is 28.7 Å². The topological polar surface area (TPSA) is 131 Å². The SMILES string of the molecule is COc1ccc2/c(=N/O)cc(C(=O)N3CCN(S(=O)(=O)c4ccc(OC)c(OC)c4)CC3)oc2c1. The van der Waals surface area contributed by atoms with Gasteiger partial charge in [-0.05, 0) is 24.3 Å². The molecule has 0 spiro atoms. The van der Waals surface area contributed by atoms with Crippen molar-refractivity contribution in [3.63, 3.8) is 0 Å². The molecule has 0 bridgehead atoms. The number of carbonyl (C=O) groups excluding carboxylic acids is 1. The molecule has 0 saturated carbocycles. The van der Waals surface area contributed by atoms with Crippen LogP contribution >= 0.6 is 0 Å². The third-order valence-electron chi connectivity index (χ3n) is 5.79. The van der Waals surface area contributed by atoms with E-state index in [0.29, 0.717) is 28.2 Å². The van der Waals surface area contributed by atoms with Gasteiger partial charge in [-0.1, -0.05) is 5.16 Å². The first-order valence-electron chi connectivity index (χ1n) is 10.6. The molecule has 1 N–H and O–H groups in total. The molecule has 2 aromatic carbocycles. The highest BCUT2D eigenvalue weighted by molar-refractivity contribution is 7.89. The first-order valence-corrected chi connectivity index (χ1v) is 12.1. The minimum atomic E-state index is -3.81. The molecule has 4 rings (SSSR count). The van der Waals surface area contributed by atoms with Gasteiger partial charge in [0.1, 0.15) is 16.7 Å². The van der Waals surface area contributed by atoms with Crippen molar-refractivity contribution in [1.29, 1.82) is 0 Å². The third-order valence-corrected chi connectivity index (χ3v) is 7.68. The summed E-state index contributed by atoms with van der Waals surface area (Å²) in [7, 11) is 0.600. The summed E-state index contributed by atoms with van der Waals surface area (Å²) >= 11 is 0. The van der Waals surface area contributed by atoms with E-state index in [1.165, 1.54) is 54.8 Å². The zero-order valence-electron chi connectivity index (χ0n) is 19.4. The Morgan fingerprint density at radius 3 is 2.29 bits per heavy atom. The molecule has 0 unspecified atom stereocenters. The Balaban J connectivity index is 1.54. The minimum absolute atomic E-state index is 0.0326.